The molecule has 0 saturated carbocycles. The minimum atomic E-state index is -4.77. The lowest BCUT2D eigenvalue weighted by Crippen LogP contribution is -2.18. The van der Waals surface area contributed by atoms with Gasteiger partial charge in [-0.15, -0.1) is 13.2 Å². The third-order valence-corrected chi connectivity index (χ3v) is 2.13. The fraction of sp³-hybridized carbons (Fsp3) is 0.417. The molecule has 0 heterocycles. The van der Waals surface area contributed by atoms with E-state index in [1.165, 1.54) is 12.1 Å². The molecule has 0 amide bonds. The first kappa shape index (κ1) is 15.3. The second-order valence-corrected chi connectivity index (χ2v) is 3.71. The quantitative estimate of drug-likeness (QED) is 0.868. The summed E-state index contributed by atoms with van der Waals surface area (Å²) in [6.07, 6.45) is -5.33. The van der Waals surface area contributed by atoms with Crippen molar-refractivity contribution >= 4 is 5.97 Å². The molecule has 1 N–H and O–H groups in total. The van der Waals surface area contributed by atoms with Gasteiger partial charge in [0.15, 0.2) is 6.10 Å². The van der Waals surface area contributed by atoms with Crippen molar-refractivity contribution in [2.45, 2.75) is 25.8 Å². The first-order chi connectivity index (χ1) is 8.83. The van der Waals surface area contributed by atoms with Gasteiger partial charge in [0.2, 0.25) is 0 Å². The van der Waals surface area contributed by atoms with Gasteiger partial charge >= 0.3 is 12.3 Å². The van der Waals surface area contributed by atoms with Gasteiger partial charge in [0.25, 0.3) is 0 Å². The molecule has 1 aromatic rings. The Labute approximate surface area is 107 Å². The Kier molecular flexibility index (Phi) is 5.17. The van der Waals surface area contributed by atoms with Crippen LogP contribution in [0.15, 0.2) is 24.3 Å². The van der Waals surface area contributed by atoms with Crippen molar-refractivity contribution in [3.05, 3.63) is 29.8 Å². The first-order valence-electron chi connectivity index (χ1n) is 5.53. The van der Waals surface area contributed by atoms with Crippen LogP contribution in [0.25, 0.3) is 0 Å². The van der Waals surface area contributed by atoms with E-state index in [2.05, 4.69) is 4.74 Å². The van der Waals surface area contributed by atoms with E-state index in [9.17, 15) is 18.0 Å². The first-order valence-corrected chi connectivity index (χ1v) is 5.53. The third-order valence-electron chi connectivity index (χ3n) is 2.13. The number of aliphatic carboxylic acids is 1. The summed E-state index contributed by atoms with van der Waals surface area (Å²) in [4.78, 5) is 11.0. The summed E-state index contributed by atoms with van der Waals surface area (Å²) in [5.74, 6) is -1.60. The fourth-order valence-electron chi connectivity index (χ4n) is 1.39. The lowest BCUT2D eigenvalue weighted by atomic mass is 10.1. The van der Waals surface area contributed by atoms with E-state index in [4.69, 9.17) is 9.84 Å². The largest absolute Gasteiger partial charge is 0.573 e. The molecule has 0 spiro atoms. The van der Waals surface area contributed by atoms with E-state index in [1.54, 1.807) is 0 Å². The van der Waals surface area contributed by atoms with Gasteiger partial charge in [-0.1, -0.05) is 19.1 Å². The van der Waals surface area contributed by atoms with Crippen molar-refractivity contribution in [2.75, 3.05) is 6.61 Å². The van der Waals surface area contributed by atoms with Gasteiger partial charge in [-0.3, -0.25) is 0 Å². The average Bonchev–Trinajstić information content (AvgIpc) is 2.29. The molecule has 0 aliphatic heterocycles. The number of carboxylic acids is 1. The molecule has 106 valence electrons. The highest BCUT2D eigenvalue weighted by molar-refractivity contribution is 5.74. The van der Waals surface area contributed by atoms with Crippen LogP contribution < -0.4 is 4.74 Å². The number of carbonyl (C=O) groups is 1. The standard InChI is InChI=1S/C12H13F3O4/c1-2-7-18-10(11(16)17)8-3-5-9(6-4-8)19-12(13,14)15/h3-6,10H,2,7H2,1H3,(H,16,17). The topological polar surface area (TPSA) is 55.8 Å². The Bertz CT molecular complexity index is 414. The fourth-order valence-corrected chi connectivity index (χ4v) is 1.39. The SMILES string of the molecule is CCCOC(C(=O)O)c1ccc(OC(F)(F)F)cc1. The molecule has 0 aliphatic carbocycles. The number of halogens is 3. The summed E-state index contributed by atoms with van der Waals surface area (Å²) < 4.78 is 44.7. The van der Waals surface area contributed by atoms with E-state index < -0.39 is 24.2 Å². The minimum absolute atomic E-state index is 0.248. The van der Waals surface area contributed by atoms with Crippen LogP contribution in [0.1, 0.15) is 25.0 Å². The third kappa shape index (κ3) is 5.17. The van der Waals surface area contributed by atoms with Crippen molar-refractivity contribution in [3.63, 3.8) is 0 Å². The van der Waals surface area contributed by atoms with Crippen LogP contribution in [0.3, 0.4) is 0 Å². The van der Waals surface area contributed by atoms with Crippen LogP contribution >= 0.6 is 0 Å². The van der Waals surface area contributed by atoms with Crippen LogP contribution in [0.2, 0.25) is 0 Å². The molecule has 1 rings (SSSR count). The second kappa shape index (κ2) is 6.42. The Morgan fingerprint density at radius 2 is 1.89 bits per heavy atom. The van der Waals surface area contributed by atoms with Crippen LogP contribution in [0, 0.1) is 0 Å². The number of ether oxygens (including phenoxy) is 2. The Morgan fingerprint density at radius 3 is 2.32 bits per heavy atom. The van der Waals surface area contributed by atoms with Crippen LogP contribution in [0.5, 0.6) is 5.75 Å². The summed E-state index contributed by atoms with van der Waals surface area (Å²) in [5.41, 5.74) is 0.260. The van der Waals surface area contributed by atoms with Crippen LogP contribution in [-0.2, 0) is 9.53 Å². The number of hydrogen-bond donors (Lipinski definition) is 1. The van der Waals surface area contributed by atoms with Gasteiger partial charge in [-0.25, -0.2) is 4.79 Å². The molecule has 1 unspecified atom stereocenters. The Morgan fingerprint density at radius 1 is 1.32 bits per heavy atom. The number of carboxylic acid groups (broad SMARTS) is 1. The minimum Gasteiger partial charge on any atom is -0.479 e. The lowest BCUT2D eigenvalue weighted by Gasteiger charge is -2.14. The van der Waals surface area contributed by atoms with E-state index in [0.717, 1.165) is 12.1 Å². The molecule has 0 fully saturated rings. The highest BCUT2D eigenvalue weighted by Crippen LogP contribution is 2.25. The van der Waals surface area contributed by atoms with E-state index >= 15 is 0 Å². The van der Waals surface area contributed by atoms with Crippen molar-refractivity contribution in [1.82, 2.24) is 0 Å². The molecule has 0 saturated heterocycles. The zero-order chi connectivity index (χ0) is 14.5. The summed E-state index contributed by atoms with van der Waals surface area (Å²) in [5, 5.41) is 8.97. The summed E-state index contributed by atoms with van der Waals surface area (Å²) in [7, 11) is 0. The van der Waals surface area contributed by atoms with Crippen LogP contribution in [0.4, 0.5) is 13.2 Å². The van der Waals surface area contributed by atoms with Crippen LogP contribution in [-0.4, -0.2) is 24.0 Å². The van der Waals surface area contributed by atoms with E-state index in [1.807, 2.05) is 6.92 Å². The zero-order valence-corrected chi connectivity index (χ0v) is 10.1. The monoisotopic (exact) mass is 278 g/mol. The number of rotatable bonds is 6. The molecule has 0 aromatic heterocycles. The molecule has 0 bridgehead atoms. The molecular formula is C12H13F3O4. The van der Waals surface area contributed by atoms with Crippen molar-refractivity contribution in [3.8, 4) is 5.75 Å². The number of hydrogen-bond acceptors (Lipinski definition) is 3. The molecule has 19 heavy (non-hydrogen) atoms. The smallest absolute Gasteiger partial charge is 0.479 e. The van der Waals surface area contributed by atoms with Gasteiger partial charge in [-0.05, 0) is 24.1 Å². The molecule has 0 radical (unpaired) electrons. The van der Waals surface area contributed by atoms with Crippen molar-refractivity contribution < 1.29 is 32.5 Å². The molecule has 0 aliphatic rings. The van der Waals surface area contributed by atoms with Gasteiger partial charge < -0.3 is 14.6 Å². The highest BCUT2D eigenvalue weighted by Gasteiger charge is 2.31. The number of benzene rings is 1. The molecule has 1 atom stereocenters. The molecule has 4 nitrogen and oxygen atoms in total. The lowest BCUT2D eigenvalue weighted by molar-refractivity contribution is -0.274. The predicted octanol–water partition coefficient (Wildman–Crippen LogP) is 3.14. The maximum absolute atomic E-state index is 12.0. The average molecular weight is 278 g/mol. The van der Waals surface area contributed by atoms with Gasteiger partial charge in [0.1, 0.15) is 5.75 Å². The van der Waals surface area contributed by atoms with Crippen molar-refractivity contribution in [1.29, 1.82) is 0 Å². The van der Waals surface area contributed by atoms with Gasteiger partial charge in [0.05, 0.1) is 0 Å². The maximum Gasteiger partial charge on any atom is 0.573 e. The number of alkyl halides is 3. The van der Waals surface area contributed by atoms with E-state index in [-0.39, 0.29) is 12.2 Å². The Balaban J connectivity index is 2.80. The predicted molar refractivity (Wildman–Crippen MR) is 59.7 cm³/mol. The normalized spacial score (nSPS) is 13.1. The summed E-state index contributed by atoms with van der Waals surface area (Å²) in [6, 6.07) is 4.56. The van der Waals surface area contributed by atoms with Crippen molar-refractivity contribution in [2.24, 2.45) is 0 Å². The zero-order valence-electron chi connectivity index (χ0n) is 10.1. The van der Waals surface area contributed by atoms with Gasteiger partial charge in [0, 0.05) is 6.61 Å². The highest BCUT2D eigenvalue weighted by atomic mass is 19.4. The van der Waals surface area contributed by atoms with E-state index in [0.29, 0.717) is 6.42 Å². The molecule has 1 aromatic carbocycles. The Hall–Kier alpha value is -1.76. The van der Waals surface area contributed by atoms with Gasteiger partial charge in [-0.2, -0.15) is 0 Å². The summed E-state index contributed by atoms with van der Waals surface area (Å²) in [6.45, 7) is 2.07. The molecule has 7 heteroatoms. The summed E-state index contributed by atoms with van der Waals surface area (Å²) >= 11 is 0. The molecular weight excluding hydrogens is 265 g/mol. The maximum atomic E-state index is 12.0. The second-order valence-electron chi connectivity index (χ2n) is 3.71.